The third-order valence-electron chi connectivity index (χ3n) is 12.1. The first-order valence-electron chi connectivity index (χ1n) is 19.4. The Labute approximate surface area is 329 Å². The van der Waals surface area contributed by atoms with E-state index in [0.29, 0.717) is 37.6 Å². The van der Waals surface area contributed by atoms with Crippen molar-refractivity contribution in [2.24, 2.45) is 16.7 Å². The molecule has 4 fully saturated rings. The SMILES string of the molecule is CN1CCN(C(=O)[C@@H]2C[C@H](N(C(=O)C(C)(C)CO)C3CCC(C)(C)CC3)CN2C(=O)[C@@H]2CN(C(C)(C)C)C[C@H]2c2ccc(Cl)cc2)CC1.O=C(O)C(F)(F)F. The first-order chi connectivity index (χ1) is 25.4. The van der Waals surface area contributed by atoms with E-state index < -0.39 is 23.6 Å². The van der Waals surface area contributed by atoms with Crippen LogP contribution in [-0.2, 0) is 19.2 Å². The average Bonchev–Trinajstić information content (AvgIpc) is 3.75. The fourth-order valence-corrected chi connectivity index (χ4v) is 8.43. The summed E-state index contributed by atoms with van der Waals surface area (Å²) >= 11 is 6.27. The van der Waals surface area contributed by atoms with E-state index in [4.69, 9.17) is 21.5 Å². The topological polar surface area (TPSA) is 125 Å². The third-order valence-corrected chi connectivity index (χ3v) is 12.3. The van der Waals surface area contributed by atoms with E-state index in [0.717, 1.165) is 50.9 Å². The summed E-state index contributed by atoms with van der Waals surface area (Å²) in [6.07, 6.45) is -0.889. The molecule has 1 aliphatic carbocycles. The minimum absolute atomic E-state index is 0.00438. The standard InChI is InChI=1S/C38H60ClN5O4.C2HF3O2/c1-36(2,3)42-23-30(26-9-11-27(39)12-10-26)31(24-42)33(46)43-22-29(21-32(43)34(47)41-19-17-40(8)18-20-41)44(35(48)38(6,7)25-45)28-13-15-37(4,5)16-14-28;3-2(4,5)1(6)7/h9-12,28-32,45H,13-25H2,1-8H3;(H,6,7)/t29-,30-,31+,32-;/m0./s1. The summed E-state index contributed by atoms with van der Waals surface area (Å²) in [7, 11) is 2.07. The number of carbonyl (C=O) groups excluding carboxylic acids is 3. The van der Waals surface area contributed by atoms with Gasteiger partial charge in [-0.3, -0.25) is 19.3 Å². The number of aliphatic hydroxyl groups excluding tert-OH is 1. The van der Waals surface area contributed by atoms with Gasteiger partial charge in [0.2, 0.25) is 17.7 Å². The van der Waals surface area contributed by atoms with Gasteiger partial charge in [0.15, 0.2) is 0 Å². The smallest absolute Gasteiger partial charge is 0.475 e. The number of nitrogens with zero attached hydrogens (tertiary/aromatic N) is 5. The molecule has 1 saturated carbocycles. The predicted octanol–water partition coefficient (Wildman–Crippen LogP) is 5.35. The summed E-state index contributed by atoms with van der Waals surface area (Å²) in [6, 6.07) is 6.92. The summed E-state index contributed by atoms with van der Waals surface area (Å²) in [5.74, 6) is -3.23. The van der Waals surface area contributed by atoms with Crippen molar-refractivity contribution in [2.45, 2.75) is 116 Å². The van der Waals surface area contributed by atoms with E-state index in [9.17, 15) is 27.9 Å². The number of alkyl halides is 3. The molecule has 3 amide bonds. The van der Waals surface area contributed by atoms with Gasteiger partial charge in [-0.1, -0.05) is 37.6 Å². The number of aliphatic hydroxyl groups is 1. The molecule has 3 aliphatic heterocycles. The van der Waals surface area contributed by atoms with Gasteiger partial charge in [-0.2, -0.15) is 13.2 Å². The number of hydrogen-bond acceptors (Lipinski definition) is 7. The van der Waals surface area contributed by atoms with Gasteiger partial charge >= 0.3 is 12.1 Å². The van der Waals surface area contributed by atoms with Crippen molar-refractivity contribution in [3.05, 3.63) is 34.9 Å². The number of benzene rings is 1. The van der Waals surface area contributed by atoms with E-state index in [2.05, 4.69) is 51.5 Å². The number of rotatable bonds is 7. The lowest BCUT2D eigenvalue weighted by atomic mass is 9.74. The van der Waals surface area contributed by atoms with Crippen LogP contribution >= 0.6 is 11.6 Å². The second-order valence-electron chi connectivity index (χ2n) is 18.3. The van der Waals surface area contributed by atoms with Gasteiger partial charge in [0.1, 0.15) is 6.04 Å². The van der Waals surface area contributed by atoms with Crippen LogP contribution in [0.25, 0.3) is 0 Å². The molecule has 4 aliphatic rings. The normalized spacial score (nSPS) is 25.7. The van der Waals surface area contributed by atoms with Crippen LogP contribution in [0, 0.1) is 16.7 Å². The van der Waals surface area contributed by atoms with Crippen LogP contribution in [0.15, 0.2) is 24.3 Å². The highest BCUT2D eigenvalue weighted by molar-refractivity contribution is 6.30. The Kier molecular flexibility index (Phi) is 14.1. The number of carboxylic acid groups (broad SMARTS) is 1. The van der Waals surface area contributed by atoms with Gasteiger partial charge in [-0.05, 0) is 96.9 Å². The lowest BCUT2D eigenvalue weighted by molar-refractivity contribution is -0.192. The fraction of sp³-hybridized carbons (Fsp3) is 0.750. The van der Waals surface area contributed by atoms with Crippen molar-refractivity contribution in [3.63, 3.8) is 0 Å². The van der Waals surface area contributed by atoms with Crippen molar-refractivity contribution in [2.75, 3.05) is 59.5 Å². The molecule has 1 aromatic carbocycles. The molecule has 0 aromatic heterocycles. The quantitative estimate of drug-likeness (QED) is 0.379. The molecule has 0 unspecified atom stereocenters. The van der Waals surface area contributed by atoms with Crippen LogP contribution in [0.5, 0.6) is 0 Å². The molecule has 3 saturated heterocycles. The molecule has 15 heteroatoms. The molecule has 0 bridgehead atoms. The molecular formula is C40H61ClF3N5O6. The average molecular weight is 800 g/mol. The second kappa shape index (κ2) is 17.3. The molecule has 5 rings (SSSR count). The van der Waals surface area contributed by atoms with Crippen LogP contribution < -0.4 is 0 Å². The van der Waals surface area contributed by atoms with Crippen LogP contribution in [0.1, 0.15) is 92.1 Å². The number of aliphatic carboxylic acids is 1. The molecule has 55 heavy (non-hydrogen) atoms. The largest absolute Gasteiger partial charge is 0.490 e. The summed E-state index contributed by atoms with van der Waals surface area (Å²) < 4.78 is 31.7. The van der Waals surface area contributed by atoms with Gasteiger partial charge in [-0.25, -0.2) is 4.79 Å². The molecular weight excluding hydrogens is 739 g/mol. The Morgan fingerprint density at radius 1 is 0.873 bits per heavy atom. The Hall–Kier alpha value is -2.94. The predicted molar refractivity (Wildman–Crippen MR) is 204 cm³/mol. The van der Waals surface area contributed by atoms with Gasteiger partial charge in [-0.15, -0.1) is 0 Å². The number of halogens is 4. The van der Waals surface area contributed by atoms with Crippen LogP contribution in [0.2, 0.25) is 5.02 Å². The van der Waals surface area contributed by atoms with Gasteiger partial charge in [0.05, 0.1) is 24.0 Å². The monoisotopic (exact) mass is 799 g/mol. The number of piperazine rings is 1. The summed E-state index contributed by atoms with van der Waals surface area (Å²) in [6.45, 7) is 19.0. The Balaban J connectivity index is 0.000000876. The van der Waals surface area contributed by atoms with Crippen molar-refractivity contribution in [1.82, 2.24) is 24.5 Å². The number of carbonyl (C=O) groups is 4. The van der Waals surface area contributed by atoms with E-state index >= 15 is 4.79 Å². The zero-order valence-electron chi connectivity index (χ0n) is 33.7. The molecule has 0 radical (unpaired) electrons. The van der Waals surface area contributed by atoms with E-state index in [1.807, 2.05) is 39.0 Å². The Bertz CT molecular complexity index is 1520. The number of amides is 3. The molecule has 11 nitrogen and oxygen atoms in total. The van der Waals surface area contributed by atoms with Gasteiger partial charge in [0, 0.05) is 68.3 Å². The molecule has 0 spiro atoms. The van der Waals surface area contributed by atoms with Crippen molar-refractivity contribution >= 4 is 35.3 Å². The Morgan fingerprint density at radius 3 is 1.91 bits per heavy atom. The maximum absolute atomic E-state index is 15.0. The summed E-state index contributed by atoms with van der Waals surface area (Å²) in [5.41, 5.74) is 0.206. The van der Waals surface area contributed by atoms with Crippen molar-refractivity contribution in [1.29, 1.82) is 0 Å². The Morgan fingerprint density at radius 2 is 1.42 bits per heavy atom. The van der Waals surface area contributed by atoms with E-state index in [1.54, 1.807) is 13.8 Å². The van der Waals surface area contributed by atoms with Crippen LogP contribution in [-0.4, -0.2) is 148 Å². The number of hydrogen-bond donors (Lipinski definition) is 2. The number of likely N-dealkylation sites (tertiary alicyclic amines) is 2. The maximum atomic E-state index is 15.0. The zero-order valence-corrected chi connectivity index (χ0v) is 34.4. The molecule has 310 valence electrons. The third kappa shape index (κ3) is 10.9. The lowest BCUT2D eigenvalue weighted by Crippen LogP contribution is -2.55. The highest BCUT2D eigenvalue weighted by Gasteiger charge is 2.52. The maximum Gasteiger partial charge on any atom is 0.490 e. The zero-order chi connectivity index (χ0) is 41.3. The minimum Gasteiger partial charge on any atom is -0.475 e. The van der Waals surface area contributed by atoms with Crippen LogP contribution in [0.3, 0.4) is 0 Å². The minimum atomic E-state index is -5.08. The first kappa shape index (κ1) is 44.8. The summed E-state index contributed by atoms with van der Waals surface area (Å²) in [4.78, 5) is 63.1. The van der Waals surface area contributed by atoms with Crippen molar-refractivity contribution in [3.8, 4) is 0 Å². The second-order valence-corrected chi connectivity index (χ2v) is 18.8. The van der Waals surface area contributed by atoms with E-state index in [-0.39, 0.29) is 59.2 Å². The number of carboxylic acids is 1. The lowest BCUT2D eigenvalue weighted by Gasteiger charge is -2.45. The molecule has 4 atom stereocenters. The first-order valence-corrected chi connectivity index (χ1v) is 19.8. The highest BCUT2D eigenvalue weighted by atomic mass is 35.5. The summed E-state index contributed by atoms with van der Waals surface area (Å²) in [5, 5.41) is 18.1. The fourth-order valence-electron chi connectivity index (χ4n) is 8.30. The van der Waals surface area contributed by atoms with Crippen LogP contribution in [0.4, 0.5) is 13.2 Å². The number of likely N-dealkylation sites (N-methyl/N-ethyl adjacent to an activating group) is 1. The molecule has 2 N–H and O–H groups in total. The van der Waals surface area contributed by atoms with Gasteiger partial charge < -0.3 is 29.8 Å². The molecule has 3 heterocycles. The molecule has 1 aromatic rings. The van der Waals surface area contributed by atoms with E-state index in [1.165, 1.54) is 0 Å². The van der Waals surface area contributed by atoms with Gasteiger partial charge in [0.25, 0.3) is 0 Å². The van der Waals surface area contributed by atoms with Crippen molar-refractivity contribution < 1.29 is 42.6 Å². The highest BCUT2D eigenvalue weighted by Crippen LogP contribution is 2.42.